The summed E-state index contributed by atoms with van der Waals surface area (Å²) >= 11 is 0. The first-order valence-corrected chi connectivity index (χ1v) is 19.5. The fourth-order valence-corrected chi connectivity index (χ4v) is 6.11. The fourth-order valence-electron chi connectivity index (χ4n) is 6.11. The maximum atomic E-state index is 14.1. The summed E-state index contributed by atoms with van der Waals surface area (Å²) in [4.78, 5) is 80.9. The van der Waals surface area contributed by atoms with Gasteiger partial charge in [0.25, 0.3) is 0 Å². The van der Waals surface area contributed by atoms with Gasteiger partial charge in [0.2, 0.25) is 23.6 Å². The number of rotatable bonds is 20. The highest BCUT2D eigenvalue weighted by atomic mass is 16.6. The number of alkyl carbamates (subject to hydrolysis) is 1. The molecule has 13 heteroatoms. The van der Waals surface area contributed by atoms with Gasteiger partial charge in [0, 0.05) is 19.3 Å². The third-order valence-electron chi connectivity index (χ3n) is 8.78. The van der Waals surface area contributed by atoms with Crippen molar-refractivity contribution in [2.75, 3.05) is 0 Å². The standard InChI is InChI=1S/C44H59N5O8/c1-28(2)23-33(46-41(53)36(26-31-19-13-9-14-20-31)49-43(56)57-44(5,6)7)38(50)47-35(25-30-17-11-8-12-18-30)40(52)45-34(24-29(3)4)39(51)48-37(42(54)55)27-32-21-15-10-16-22-32/h8-22,28-29,33-37H,23-27H2,1-7H3,(H,45,52)(H,46,53)(H,47,50)(H,48,51)(H,49,56)(H,54,55)/t33-,34-,35+,36+,37-/m0/s1. The van der Waals surface area contributed by atoms with Crippen LogP contribution in [0.2, 0.25) is 0 Å². The molecule has 0 saturated carbocycles. The van der Waals surface area contributed by atoms with Crippen LogP contribution in [0.3, 0.4) is 0 Å². The Hall–Kier alpha value is -5.72. The van der Waals surface area contributed by atoms with Crippen LogP contribution in [0, 0.1) is 11.8 Å². The Balaban J connectivity index is 1.87. The van der Waals surface area contributed by atoms with E-state index in [4.69, 9.17) is 4.74 Å². The molecule has 3 aromatic carbocycles. The van der Waals surface area contributed by atoms with Crippen molar-refractivity contribution >= 4 is 35.7 Å². The third kappa shape index (κ3) is 16.9. The Kier molecular flexibility index (Phi) is 17.7. The minimum Gasteiger partial charge on any atom is -0.480 e. The van der Waals surface area contributed by atoms with E-state index in [-0.39, 0.29) is 43.9 Å². The zero-order valence-electron chi connectivity index (χ0n) is 34.0. The number of carboxylic acid groups (broad SMARTS) is 1. The molecule has 0 fully saturated rings. The quantitative estimate of drug-likeness (QED) is 0.0948. The van der Waals surface area contributed by atoms with Gasteiger partial charge in [-0.3, -0.25) is 19.2 Å². The molecule has 6 N–H and O–H groups in total. The van der Waals surface area contributed by atoms with Crippen LogP contribution in [0.25, 0.3) is 0 Å². The lowest BCUT2D eigenvalue weighted by molar-refractivity contribution is -0.142. The molecule has 0 radical (unpaired) electrons. The maximum Gasteiger partial charge on any atom is 0.408 e. The smallest absolute Gasteiger partial charge is 0.408 e. The van der Waals surface area contributed by atoms with Crippen molar-refractivity contribution in [3.05, 3.63) is 108 Å². The fraction of sp³-hybridized carbons (Fsp3) is 0.455. The molecular formula is C44H59N5O8. The molecule has 0 aromatic heterocycles. The Morgan fingerprint density at radius 3 is 1.12 bits per heavy atom. The second-order valence-electron chi connectivity index (χ2n) is 16.1. The lowest BCUT2D eigenvalue weighted by atomic mass is 9.98. The Bertz CT molecular complexity index is 1760. The molecule has 5 amide bonds. The van der Waals surface area contributed by atoms with E-state index in [2.05, 4.69) is 26.6 Å². The highest BCUT2D eigenvalue weighted by Gasteiger charge is 2.34. The lowest BCUT2D eigenvalue weighted by Crippen LogP contribution is -2.60. The van der Waals surface area contributed by atoms with E-state index in [0.29, 0.717) is 0 Å². The van der Waals surface area contributed by atoms with Gasteiger partial charge >= 0.3 is 12.1 Å². The summed E-state index contributed by atoms with van der Waals surface area (Å²) in [5, 5.41) is 23.6. The summed E-state index contributed by atoms with van der Waals surface area (Å²) < 4.78 is 5.43. The van der Waals surface area contributed by atoms with Gasteiger partial charge < -0.3 is 36.4 Å². The molecule has 0 spiro atoms. The first-order chi connectivity index (χ1) is 26.9. The van der Waals surface area contributed by atoms with Gasteiger partial charge in [0.05, 0.1) is 0 Å². The first kappa shape index (κ1) is 45.7. The number of carbonyl (C=O) groups is 6. The summed E-state index contributed by atoms with van der Waals surface area (Å²) in [5.41, 5.74) is 1.40. The minimum absolute atomic E-state index is 0.0411. The monoisotopic (exact) mass is 785 g/mol. The second kappa shape index (κ2) is 22.1. The largest absolute Gasteiger partial charge is 0.480 e. The molecule has 0 aliphatic carbocycles. The van der Waals surface area contributed by atoms with Crippen molar-refractivity contribution in [2.45, 2.75) is 116 Å². The van der Waals surface area contributed by atoms with Crippen LogP contribution in [0.4, 0.5) is 4.79 Å². The van der Waals surface area contributed by atoms with Crippen molar-refractivity contribution in [1.82, 2.24) is 26.6 Å². The molecule has 13 nitrogen and oxygen atoms in total. The molecule has 308 valence electrons. The molecule has 0 aliphatic rings. The molecule has 0 aliphatic heterocycles. The van der Waals surface area contributed by atoms with Crippen LogP contribution >= 0.6 is 0 Å². The number of carboxylic acids is 1. The van der Waals surface area contributed by atoms with Crippen molar-refractivity contribution in [1.29, 1.82) is 0 Å². The highest BCUT2D eigenvalue weighted by Crippen LogP contribution is 2.13. The topological polar surface area (TPSA) is 192 Å². The molecule has 0 heterocycles. The van der Waals surface area contributed by atoms with Crippen molar-refractivity contribution in [3.8, 4) is 0 Å². The Morgan fingerprint density at radius 2 is 0.789 bits per heavy atom. The number of ether oxygens (including phenoxy) is 1. The number of hydrogen-bond acceptors (Lipinski definition) is 7. The predicted molar refractivity (Wildman–Crippen MR) is 218 cm³/mol. The SMILES string of the molecule is CC(C)C[C@H](NC(=O)[C@@H](Cc1ccccc1)NC(=O)OC(C)(C)C)C(=O)N[C@H](Cc1ccccc1)C(=O)N[C@@H](CC(C)C)C(=O)N[C@@H](Cc1ccccc1)C(=O)O. The van der Waals surface area contributed by atoms with Gasteiger partial charge in [0.1, 0.15) is 35.8 Å². The van der Waals surface area contributed by atoms with E-state index < -0.39 is 71.5 Å². The first-order valence-electron chi connectivity index (χ1n) is 19.5. The van der Waals surface area contributed by atoms with Crippen LogP contribution in [-0.2, 0) is 48.0 Å². The van der Waals surface area contributed by atoms with E-state index in [9.17, 15) is 33.9 Å². The van der Waals surface area contributed by atoms with Gasteiger partial charge in [-0.2, -0.15) is 0 Å². The van der Waals surface area contributed by atoms with Crippen molar-refractivity contribution < 1.29 is 38.6 Å². The number of hydrogen-bond donors (Lipinski definition) is 6. The molecule has 57 heavy (non-hydrogen) atoms. The van der Waals surface area contributed by atoms with Crippen LogP contribution < -0.4 is 26.6 Å². The highest BCUT2D eigenvalue weighted by molar-refractivity contribution is 5.96. The molecule has 0 unspecified atom stereocenters. The maximum absolute atomic E-state index is 14.1. The molecule has 3 aromatic rings. The number of carbonyl (C=O) groups excluding carboxylic acids is 5. The second-order valence-corrected chi connectivity index (χ2v) is 16.1. The Morgan fingerprint density at radius 1 is 0.491 bits per heavy atom. The predicted octanol–water partition coefficient (Wildman–Crippen LogP) is 4.72. The van der Waals surface area contributed by atoms with E-state index in [1.165, 1.54) is 0 Å². The van der Waals surface area contributed by atoms with E-state index in [1.807, 2.05) is 70.2 Å². The normalized spacial score (nSPS) is 14.0. The summed E-state index contributed by atoms with van der Waals surface area (Å²) in [5.74, 6) is -3.94. The average Bonchev–Trinajstić information content (AvgIpc) is 3.13. The van der Waals surface area contributed by atoms with Crippen LogP contribution in [-0.4, -0.2) is 76.6 Å². The van der Waals surface area contributed by atoms with Crippen LogP contribution in [0.1, 0.15) is 78.0 Å². The van der Waals surface area contributed by atoms with Crippen LogP contribution in [0.15, 0.2) is 91.0 Å². The lowest BCUT2D eigenvalue weighted by Gasteiger charge is -2.28. The molecule has 5 atom stereocenters. The zero-order chi connectivity index (χ0) is 42.1. The van der Waals surface area contributed by atoms with Gasteiger partial charge in [-0.05, 0) is 62.1 Å². The molecule has 0 bridgehead atoms. The van der Waals surface area contributed by atoms with Gasteiger partial charge in [-0.1, -0.05) is 119 Å². The molecular weight excluding hydrogens is 727 g/mol. The number of nitrogens with one attached hydrogen (secondary N) is 5. The van der Waals surface area contributed by atoms with Gasteiger partial charge in [0.15, 0.2) is 0 Å². The summed E-state index contributed by atoms with van der Waals surface area (Å²) in [7, 11) is 0. The van der Waals surface area contributed by atoms with Crippen molar-refractivity contribution in [3.63, 3.8) is 0 Å². The Labute approximate surface area is 336 Å². The minimum atomic E-state index is -1.25. The van der Waals surface area contributed by atoms with Gasteiger partial charge in [-0.25, -0.2) is 9.59 Å². The summed E-state index contributed by atoms with van der Waals surface area (Å²) in [6.45, 7) is 12.6. The molecule has 0 saturated heterocycles. The summed E-state index contributed by atoms with van der Waals surface area (Å²) in [6, 6.07) is 21.3. The molecule has 3 rings (SSSR count). The average molecular weight is 786 g/mol. The number of amides is 5. The van der Waals surface area contributed by atoms with E-state index in [1.54, 1.807) is 69.3 Å². The van der Waals surface area contributed by atoms with E-state index >= 15 is 0 Å². The zero-order valence-corrected chi connectivity index (χ0v) is 34.0. The number of aliphatic carboxylic acids is 1. The van der Waals surface area contributed by atoms with Crippen LogP contribution in [0.5, 0.6) is 0 Å². The van der Waals surface area contributed by atoms with E-state index in [0.717, 1.165) is 16.7 Å². The number of benzene rings is 3. The summed E-state index contributed by atoms with van der Waals surface area (Å²) in [6.07, 6.45) is -0.177. The van der Waals surface area contributed by atoms with Gasteiger partial charge in [-0.15, -0.1) is 0 Å². The van der Waals surface area contributed by atoms with Crippen molar-refractivity contribution in [2.24, 2.45) is 11.8 Å². The third-order valence-corrected chi connectivity index (χ3v) is 8.78.